The second kappa shape index (κ2) is 4.59. The molecule has 0 amide bonds. The first kappa shape index (κ1) is 12.3. The van der Waals surface area contributed by atoms with E-state index in [1.165, 1.54) is 12.1 Å². The van der Waals surface area contributed by atoms with Crippen molar-refractivity contribution in [3.63, 3.8) is 0 Å². The number of Topliss-reactive ketones (excluding diaryl/α,β-unsaturated/α-hetero) is 1. The lowest BCUT2D eigenvalue weighted by Gasteiger charge is -2.26. The van der Waals surface area contributed by atoms with Gasteiger partial charge in [-0.2, -0.15) is 0 Å². The second-order valence-corrected chi connectivity index (χ2v) is 5.13. The number of ketones is 1. The minimum atomic E-state index is -0.316. The summed E-state index contributed by atoms with van der Waals surface area (Å²) in [5.41, 5.74) is 1.24. The first-order valence-electron chi connectivity index (χ1n) is 6.40. The van der Waals surface area contributed by atoms with Crippen molar-refractivity contribution >= 4 is 5.78 Å². The molecule has 1 saturated carbocycles. The summed E-state index contributed by atoms with van der Waals surface area (Å²) in [6.07, 6.45) is 5.01. The first-order valence-corrected chi connectivity index (χ1v) is 6.40. The van der Waals surface area contributed by atoms with Crippen LogP contribution in [0.2, 0.25) is 0 Å². The van der Waals surface area contributed by atoms with Crippen LogP contribution in [0.3, 0.4) is 0 Å². The van der Waals surface area contributed by atoms with Gasteiger partial charge in [0.15, 0.2) is 5.78 Å². The van der Waals surface area contributed by atoms with Crippen molar-refractivity contribution in [2.75, 3.05) is 0 Å². The summed E-state index contributed by atoms with van der Waals surface area (Å²) in [6, 6.07) is 4.51. The van der Waals surface area contributed by atoms with Crippen molar-refractivity contribution in [1.29, 1.82) is 0 Å². The average molecular weight is 234 g/mol. The molecule has 2 rings (SSSR count). The Morgan fingerprint density at radius 2 is 2.00 bits per heavy atom. The van der Waals surface area contributed by atoms with E-state index >= 15 is 0 Å². The molecule has 0 unspecified atom stereocenters. The normalized spacial score (nSPS) is 18.3. The van der Waals surface area contributed by atoms with Crippen LogP contribution >= 0.6 is 0 Å². The van der Waals surface area contributed by atoms with Crippen LogP contribution in [-0.4, -0.2) is 5.78 Å². The number of aryl methyl sites for hydroxylation is 1. The van der Waals surface area contributed by atoms with E-state index < -0.39 is 0 Å². The number of hydrogen-bond acceptors (Lipinski definition) is 1. The van der Waals surface area contributed by atoms with Crippen LogP contribution in [0, 0.1) is 18.2 Å². The summed E-state index contributed by atoms with van der Waals surface area (Å²) in [6.45, 7) is 3.95. The van der Waals surface area contributed by atoms with Gasteiger partial charge in [0.25, 0.3) is 0 Å². The van der Waals surface area contributed by atoms with Gasteiger partial charge in [-0.25, -0.2) is 4.39 Å². The molecule has 0 heterocycles. The average Bonchev–Trinajstić information content (AvgIpc) is 2.81. The van der Waals surface area contributed by atoms with Gasteiger partial charge in [0.1, 0.15) is 5.82 Å². The van der Waals surface area contributed by atoms with Crippen molar-refractivity contribution < 1.29 is 9.18 Å². The van der Waals surface area contributed by atoms with Crippen LogP contribution < -0.4 is 0 Å². The summed E-state index contributed by atoms with van der Waals surface area (Å²) in [4.78, 5) is 12.6. The Bertz CT molecular complexity index is 431. The fourth-order valence-electron chi connectivity index (χ4n) is 2.92. The molecular weight excluding hydrogens is 215 g/mol. The molecule has 1 aliphatic carbocycles. The monoisotopic (exact) mass is 234 g/mol. The maximum Gasteiger partial charge on any atom is 0.169 e. The van der Waals surface area contributed by atoms with Crippen molar-refractivity contribution in [2.24, 2.45) is 5.41 Å². The molecule has 1 aromatic rings. The van der Waals surface area contributed by atoms with Crippen LogP contribution in [0.25, 0.3) is 0 Å². The van der Waals surface area contributed by atoms with Crippen LogP contribution in [0.4, 0.5) is 4.39 Å². The summed E-state index contributed by atoms with van der Waals surface area (Å²) in [5.74, 6) is -0.169. The van der Waals surface area contributed by atoms with E-state index in [4.69, 9.17) is 0 Å². The van der Waals surface area contributed by atoms with E-state index in [2.05, 4.69) is 6.92 Å². The molecule has 0 aromatic heterocycles. The highest BCUT2D eigenvalue weighted by Gasteiger charge is 2.40. The SMILES string of the molecule is CCC1(C(=O)c2cc(F)ccc2C)CCCC1. The van der Waals surface area contributed by atoms with Gasteiger partial charge in [0.2, 0.25) is 0 Å². The zero-order valence-electron chi connectivity index (χ0n) is 10.6. The Morgan fingerprint density at radius 3 is 2.59 bits per heavy atom. The van der Waals surface area contributed by atoms with Gasteiger partial charge in [-0.05, 0) is 43.9 Å². The fourth-order valence-corrected chi connectivity index (χ4v) is 2.92. The zero-order chi connectivity index (χ0) is 12.5. The maximum atomic E-state index is 13.3. The third-order valence-electron chi connectivity index (χ3n) is 4.16. The number of halogens is 1. The highest BCUT2D eigenvalue weighted by molar-refractivity contribution is 6.01. The number of hydrogen-bond donors (Lipinski definition) is 0. The second-order valence-electron chi connectivity index (χ2n) is 5.13. The van der Waals surface area contributed by atoms with E-state index in [1.807, 2.05) is 6.92 Å². The molecule has 0 saturated heterocycles. The standard InChI is InChI=1S/C15H19FO/c1-3-15(8-4-5-9-15)14(17)13-10-12(16)7-6-11(13)2/h6-7,10H,3-5,8-9H2,1-2H3. The maximum absolute atomic E-state index is 13.3. The van der Waals surface area contributed by atoms with E-state index in [9.17, 15) is 9.18 Å². The van der Waals surface area contributed by atoms with Gasteiger partial charge in [-0.15, -0.1) is 0 Å². The van der Waals surface area contributed by atoms with Gasteiger partial charge < -0.3 is 0 Å². The lowest BCUT2D eigenvalue weighted by atomic mass is 9.76. The van der Waals surface area contributed by atoms with Crippen LogP contribution in [0.15, 0.2) is 18.2 Å². The number of carbonyl (C=O) groups excluding carboxylic acids is 1. The summed E-state index contributed by atoms with van der Waals surface area (Å²) in [7, 11) is 0. The lowest BCUT2D eigenvalue weighted by molar-refractivity contribution is 0.0790. The molecule has 1 aliphatic rings. The predicted octanol–water partition coefficient (Wildman–Crippen LogP) is 4.29. The minimum absolute atomic E-state index is 0.148. The Balaban J connectivity index is 2.39. The molecule has 92 valence electrons. The van der Waals surface area contributed by atoms with Gasteiger partial charge in [0, 0.05) is 11.0 Å². The smallest absolute Gasteiger partial charge is 0.169 e. The number of rotatable bonds is 3. The highest BCUT2D eigenvalue weighted by atomic mass is 19.1. The fraction of sp³-hybridized carbons (Fsp3) is 0.533. The van der Waals surface area contributed by atoms with Crippen LogP contribution in [0.5, 0.6) is 0 Å². The van der Waals surface area contributed by atoms with Gasteiger partial charge in [-0.3, -0.25) is 4.79 Å². The molecule has 0 radical (unpaired) electrons. The van der Waals surface area contributed by atoms with Crippen molar-refractivity contribution in [3.8, 4) is 0 Å². The molecule has 2 heteroatoms. The lowest BCUT2D eigenvalue weighted by Crippen LogP contribution is -2.28. The molecule has 1 aromatic carbocycles. The Hall–Kier alpha value is -1.18. The van der Waals surface area contributed by atoms with Crippen molar-refractivity contribution in [3.05, 3.63) is 35.1 Å². The molecule has 0 N–H and O–H groups in total. The summed E-state index contributed by atoms with van der Waals surface area (Å²) < 4.78 is 13.3. The molecule has 0 atom stereocenters. The molecular formula is C15H19FO. The Morgan fingerprint density at radius 1 is 1.35 bits per heavy atom. The molecule has 1 fully saturated rings. The predicted molar refractivity (Wildman–Crippen MR) is 66.7 cm³/mol. The third-order valence-corrected chi connectivity index (χ3v) is 4.16. The minimum Gasteiger partial charge on any atom is -0.294 e. The Labute approximate surface area is 102 Å². The molecule has 17 heavy (non-hydrogen) atoms. The van der Waals surface area contributed by atoms with Gasteiger partial charge in [0.05, 0.1) is 0 Å². The first-order chi connectivity index (χ1) is 8.09. The Kier molecular flexibility index (Phi) is 3.32. The van der Waals surface area contributed by atoms with E-state index in [1.54, 1.807) is 6.07 Å². The quantitative estimate of drug-likeness (QED) is 0.713. The van der Waals surface area contributed by atoms with Crippen LogP contribution in [0.1, 0.15) is 54.9 Å². The van der Waals surface area contributed by atoms with Crippen molar-refractivity contribution in [1.82, 2.24) is 0 Å². The molecule has 0 bridgehead atoms. The zero-order valence-corrected chi connectivity index (χ0v) is 10.6. The van der Waals surface area contributed by atoms with E-state index in [0.717, 1.165) is 37.7 Å². The van der Waals surface area contributed by atoms with Gasteiger partial charge in [-0.1, -0.05) is 25.8 Å². The highest BCUT2D eigenvalue weighted by Crippen LogP contribution is 2.43. The number of carbonyl (C=O) groups is 1. The largest absolute Gasteiger partial charge is 0.294 e. The van der Waals surface area contributed by atoms with E-state index in [0.29, 0.717) is 5.56 Å². The third kappa shape index (κ3) is 2.13. The van der Waals surface area contributed by atoms with Crippen molar-refractivity contribution in [2.45, 2.75) is 46.0 Å². The summed E-state index contributed by atoms with van der Waals surface area (Å²) in [5, 5.41) is 0. The molecule has 0 aliphatic heterocycles. The van der Waals surface area contributed by atoms with Gasteiger partial charge >= 0.3 is 0 Å². The van der Waals surface area contributed by atoms with E-state index in [-0.39, 0.29) is 17.0 Å². The molecule has 1 nitrogen and oxygen atoms in total. The summed E-state index contributed by atoms with van der Waals surface area (Å²) >= 11 is 0. The van der Waals surface area contributed by atoms with Crippen LogP contribution in [-0.2, 0) is 0 Å². The number of benzene rings is 1. The topological polar surface area (TPSA) is 17.1 Å². The molecule has 0 spiro atoms.